The molecule has 1 aliphatic rings. The average molecular weight is 418 g/mol. The number of urea groups is 1. The first-order valence-electron chi connectivity index (χ1n) is 7.75. The number of halogens is 1. The molecule has 7 nitrogen and oxygen atoms in total. The van der Waals surface area contributed by atoms with Crippen LogP contribution in [0.25, 0.3) is 0 Å². The summed E-state index contributed by atoms with van der Waals surface area (Å²) in [4.78, 5) is 36.0. The first-order chi connectivity index (χ1) is 12.2. The molecule has 1 fully saturated rings. The van der Waals surface area contributed by atoms with Gasteiger partial charge >= 0.3 is 6.03 Å². The number of imide groups is 1. The fourth-order valence-corrected chi connectivity index (χ4v) is 3.34. The van der Waals surface area contributed by atoms with Crippen LogP contribution in [0.3, 0.4) is 0 Å². The van der Waals surface area contributed by atoms with Crippen LogP contribution >= 0.6 is 15.9 Å². The summed E-state index contributed by atoms with van der Waals surface area (Å²) in [5.74, 6) is -1.11. The van der Waals surface area contributed by atoms with Gasteiger partial charge in [-0.15, -0.1) is 0 Å². The smallest absolute Gasteiger partial charge is 0.322 e. The SMILES string of the molecule is Cc1cc(Br)c(O)c(C(=O)Nc2cccc(C3(C)NC(=O)NC3=O)c2)c1. The van der Waals surface area contributed by atoms with Crippen molar-refractivity contribution in [2.24, 2.45) is 0 Å². The summed E-state index contributed by atoms with van der Waals surface area (Å²) in [7, 11) is 0. The summed E-state index contributed by atoms with van der Waals surface area (Å²) in [5.41, 5.74) is 0.673. The normalized spacial score (nSPS) is 19.0. The monoisotopic (exact) mass is 417 g/mol. The standard InChI is InChI=1S/C18H16BrN3O4/c1-9-6-12(14(23)13(19)7-9)15(24)20-11-5-3-4-10(8-11)18(2)16(25)21-17(26)22-18/h3-8,23H,1-2H3,(H,20,24)(H2,21,22,25,26). The number of carbonyl (C=O) groups excluding carboxylic acids is 3. The summed E-state index contributed by atoms with van der Waals surface area (Å²) in [6.45, 7) is 3.39. The van der Waals surface area contributed by atoms with Crippen LogP contribution in [0.4, 0.5) is 10.5 Å². The molecule has 0 aromatic heterocycles. The number of hydrogen-bond donors (Lipinski definition) is 4. The summed E-state index contributed by atoms with van der Waals surface area (Å²) < 4.78 is 0.425. The molecular formula is C18H16BrN3O4. The van der Waals surface area contributed by atoms with Crippen LogP contribution in [0, 0.1) is 6.92 Å². The molecule has 0 aliphatic carbocycles. The number of amides is 4. The first-order valence-corrected chi connectivity index (χ1v) is 8.54. The van der Waals surface area contributed by atoms with Crippen LogP contribution in [0.15, 0.2) is 40.9 Å². The molecule has 0 spiro atoms. The molecule has 0 saturated carbocycles. The fourth-order valence-electron chi connectivity index (χ4n) is 2.76. The van der Waals surface area contributed by atoms with Gasteiger partial charge in [-0.25, -0.2) is 4.79 Å². The lowest BCUT2D eigenvalue weighted by atomic mass is 9.92. The number of anilines is 1. The lowest BCUT2D eigenvalue weighted by Crippen LogP contribution is -2.40. The van der Waals surface area contributed by atoms with E-state index in [1.807, 2.05) is 6.92 Å². The van der Waals surface area contributed by atoms with E-state index in [-0.39, 0.29) is 11.3 Å². The van der Waals surface area contributed by atoms with Crippen LogP contribution in [-0.2, 0) is 10.3 Å². The Morgan fingerprint density at radius 2 is 1.96 bits per heavy atom. The zero-order chi connectivity index (χ0) is 19.1. The van der Waals surface area contributed by atoms with Gasteiger partial charge in [0.1, 0.15) is 11.3 Å². The lowest BCUT2D eigenvalue weighted by molar-refractivity contribution is -0.123. The number of rotatable bonds is 3. The Morgan fingerprint density at radius 3 is 2.62 bits per heavy atom. The average Bonchev–Trinajstić information content (AvgIpc) is 2.84. The van der Waals surface area contributed by atoms with Gasteiger partial charge in [-0.05, 0) is 65.2 Å². The quantitative estimate of drug-likeness (QED) is 0.575. The topological polar surface area (TPSA) is 108 Å². The van der Waals surface area contributed by atoms with E-state index in [1.54, 1.807) is 43.3 Å². The Kier molecular flexibility index (Phi) is 4.45. The largest absolute Gasteiger partial charge is 0.506 e. The predicted octanol–water partition coefficient (Wildman–Crippen LogP) is 2.77. The van der Waals surface area contributed by atoms with Crippen molar-refractivity contribution in [3.63, 3.8) is 0 Å². The Morgan fingerprint density at radius 1 is 1.23 bits per heavy atom. The molecule has 0 bridgehead atoms. The molecule has 8 heteroatoms. The Balaban J connectivity index is 1.89. The molecule has 3 rings (SSSR count). The van der Waals surface area contributed by atoms with Crippen LogP contribution in [0.2, 0.25) is 0 Å². The number of aromatic hydroxyl groups is 1. The van der Waals surface area contributed by atoms with Crippen molar-refractivity contribution < 1.29 is 19.5 Å². The maximum Gasteiger partial charge on any atom is 0.322 e. The van der Waals surface area contributed by atoms with Crippen molar-refractivity contribution in [1.82, 2.24) is 10.6 Å². The van der Waals surface area contributed by atoms with Gasteiger partial charge in [-0.2, -0.15) is 0 Å². The second kappa shape index (κ2) is 6.45. The van der Waals surface area contributed by atoms with Gasteiger partial charge in [0.05, 0.1) is 10.0 Å². The van der Waals surface area contributed by atoms with Crippen LogP contribution < -0.4 is 16.0 Å². The van der Waals surface area contributed by atoms with E-state index in [0.29, 0.717) is 15.7 Å². The molecule has 1 atom stereocenters. The molecule has 4 N–H and O–H groups in total. The highest BCUT2D eigenvalue weighted by atomic mass is 79.9. The van der Waals surface area contributed by atoms with Crippen molar-refractivity contribution >= 4 is 39.5 Å². The van der Waals surface area contributed by atoms with Gasteiger partial charge in [0.25, 0.3) is 11.8 Å². The summed E-state index contributed by atoms with van der Waals surface area (Å²) in [6, 6.07) is 9.31. The third kappa shape index (κ3) is 3.15. The molecule has 1 saturated heterocycles. The molecule has 0 radical (unpaired) electrons. The lowest BCUT2D eigenvalue weighted by Gasteiger charge is -2.21. The van der Waals surface area contributed by atoms with Gasteiger partial charge in [-0.3, -0.25) is 14.9 Å². The van der Waals surface area contributed by atoms with E-state index in [1.165, 1.54) is 0 Å². The van der Waals surface area contributed by atoms with E-state index in [4.69, 9.17) is 0 Å². The molecular weight excluding hydrogens is 402 g/mol. The fraction of sp³-hybridized carbons (Fsp3) is 0.167. The van der Waals surface area contributed by atoms with Gasteiger partial charge < -0.3 is 15.7 Å². The minimum absolute atomic E-state index is 0.125. The highest BCUT2D eigenvalue weighted by Crippen LogP contribution is 2.31. The minimum atomic E-state index is -1.22. The molecule has 1 aliphatic heterocycles. The van der Waals surface area contributed by atoms with E-state index in [2.05, 4.69) is 31.9 Å². The molecule has 1 unspecified atom stereocenters. The van der Waals surface area contributed by atoms with Crippen LogP contribution in [-0.4, -0.2) is 23.0 Å². The summed E-state index contributed by atoms with van der Waals surface area (Å²) >= 11 is 3.21. The van der Waals surface area contributed by atoms with Crippen molar-refractivity contribution in [2.75, 3.05) is 5.32 Å². The van der Waals surface area contributed by atoms with E-state index >= 15 is 0 Å². The summed E-state index contributed by atoms with van der Waals surface area (Å²) in [6.07, 6.45) is 0. The number of phenolic OH excluding ortho intramolecular Hbond substituents is 1. The Labute approximate surface area is 157 Å². The maximum atomic E-state index is 12.5. The molecule has 134 valence electrons. The van der Waals surface area contributed by atoms with Crippen LogP contribution in [0.5, 0.6) is 5.75 Å². The minimum Gasteiger partial charge on any atom is -0.506 e. The van der Waals surface area contributed by atoms with Crippen molar-refractivity contribution in [1.29, 1.82) is 0 Å². The molecule has 2 aromatic rings. The number of phenols is 1. The zero-order valence-corrected chi connectivity index (χ0v) is 15.6. The molecule has 1 heterocycles. The number of benzene rings is 2. The number of carbonyl (C=O) groups is 3. The van der Waals surface area contributed by atoms with Crippen molar-refractivity contribution in [3.05, 3.63) is 57.6 Å². The highest BCUT2D eigenvalue weighted by molar-refractivity contribution is 9.10. The Hall–Kier alpha value is -2.87. The number of nitrogens with one attached hydrogen (secondary N) is 3. The first kappa shape index (κ1) is 17.9. The second-order valence-electron chi connectivity index (χ2n) is 6.21. The molecule has 26 heavy (non-hydrogen) atoms. The van der Waals surface area contributed by atoms with E-state index in [9.17, 15) is 19.5 Å². The van der Waals surface area contributed by atoms with Crippen LogP contribution in [0.1, 0.15) is 28.4 Å². The second-order valence-corrected chi connectivity index (χ2v) is 7.07. The third-order valence-corrected chi connectivity index (χ3v) is 4.80. The Bertz CT molecular complexity index is 944. The van der Waals surface area contributed by atoms with Gasteiger partial charge in [-0.1, -0.05) is 12.1 Å². The number of aryl methyl sites for hydroxylation is 1. The summed E-state index contributed by atoms with van der Waals surface area (Å²) in [5, 5.41) is 17.6. The number of hydrogen-bond acceptors (Lipinski definition) is 4. The van der Waals surface area contributed by atoms with Gasteiger partial charge in [0, 0.05) is 5.69 Å². The maximum absolute atomic E-state index is 12.5. The van der Waals surface area contributed by atoms with Gasteiger partial charge in [0.15, 0.2) is 0 Å². The molecule has 4 amide bonds. The van der Waals surface area contributed by atoms with Crippen molar-refractivity contribution in [2.45, 2.75) is 19.4 Å². The van der Waals surface area contributed by atoms with E-state index in [0.717, 1.165) is 5.56 Å². The third-order valence-electron chi connectivity index (χ3n) is 4.19. The predicted molar refractivity (Wildman–Crippen MR) is 99.0 cm³/mol. The van der Waals surface area contributed by atoms with Gasteiger partial charge in [0.2, 0.25) is 0 Å². The zero-order valence-electron chi connectivity index (χ0n) is 14.0. The highest BCUT2D eigenvalue weighted by Gasteiger charge is 2.43. The van der Waals surface area contributed by atoms with E-state index < -0.39 is 23.4 Å². The molecule has 2 aromatic carbocycles. The van der Waals surface area contributed by atoms with Crippen molar-refractivity contribution in [3.8, 4) is 5.75 Å².